The van der Waals surface area contributed by atoms with Crippen LogP contribution in [0, 0.1) is 73.8 Å². The zero-order chi connectivity index (χ0) is 30.5. The van der Waals surface area contributed by atoms with Crippen LogP contribution in [0.2, 0.25) is 0 Å². The minimum atomic E-state index is -1.45. The fourth-order valence-electron chi connectivity index (χ4n) is 4.39. The molecule has 0 aromatic heterocycles. The van der Waals surface area contributed by atoms with E-state index < -0.39 is 39.8 Å². The molecular weight excluding hydrogens is 590 g/mol. The predicted molar refractivity (Wildman–Crippen MR) is 149 cm³/mol. The molecule has 42 heavy (non-hydrogen) atoms. The van der Waals surface area contributed by atoms with Gasteiger partial charge in [0.1, 0.15) is 11.1 Å². The summed E-state index contributed by atoms with van der Waals surface area (Å²) >= 11 is 0. The maximum Gasteiger partial charge on any atom is 2.00 e. The fraction of sp³-hybridized carbons (Fsp3) is 0.444. The average Bonchev–Trinajstić information content (AvgIpc) is 3.73. The summed E-state index contributed by atoms with van der Waals surface area (Å²) in [5, 5.41) is 14.8. The Bertz CT molecular complexity index is 965. The molecule has 2 atom stereocenters. The fourth-order valence-corrected chi connectivity index (χ4v) is 4.39. The van der Waals surface area contributed by atoms with E-state index in [2.05, 4.69) is 15.6 Å². The van der Waals surface area contributed by atoms with Crippen LogP contribution < -0.4 is 21.8 Å². The number of hydrogen-bond donors (Lipinski definition) is 4. The van der Waals surface area contributed by atoms with Crippen LogP contribution in [-0.2, 0) is 41.0 Å². The van der Waals surface area contributed by atoms with Crippen molar-refractivity contribution in [2.45, 2.75) is 50.6 Å². The van der Waals surface area contributed by atoms with Crippen LogP contribution in [0.3, 0.4) is 0 Å². The molecule has 0 aromatic rings. The van der Waals surface area contributed by atoms with Gasteiger partial charge >= 0.3 is 23.0 Å². The Morgan fingerprint density at radius 1 is 1.14 bits per heavy atom. The van der Waals surface area contributed by atoms with Gasteiger partial charge < -0.3 is 26.0 Å². The van der Waals surface area contributed by atoms with E-state index in [4.69, 9.17) is 10.5 Å². The number of rotatable bonds is 11. The molecule has 10 radical (unpaired) electrons. The number of methoxy groups -OCH3 is 1. The second-order valence-electron chi connectivity index (χ2n) is 9.76. The number of carbonyl (C=O) groups excluding carboxylic acids is 4. The summed E-state index contributed by atoms with van der Waals surface area (Å²) in [6.45, 7) is 3.20. The summed E-state index contributed by atoms with van der Waals surface area (Å²) in [7, 11) is 1.19. The molecule has 3 amide bonds. The molecule has 3 aliphatic rings. The van der Waals surface area contributed by atoms with Crippen molar-refractivity contribution in [3.63, 3.8) is 0 Å². The van der Waals surface area contributed by atoms with Gasteiger partial charge in [-0.15, -0.1) is 0 Å². The van der Waals surface area contributed by atoms with E-state index in [1.54, 1.807) is 38.0 Å². The molecule has 1 heterocycles. The summed E-state index contributed by atoms with van der Waals surface area (Å²) < 4.78 is 4.87. The number of nitro groups is 1. The Kier molecular flexibility index (Phi) is 15.8. The Labute approximate surface area is 258 Å². The number of hydrogen-bond acceptors (Lipinski definition) is 8. The van der Waals surface area contributed by atoms with Crippen LogP contribution >= 0.6 is 0 Å². The van der Waals surface area contributed by atoms with E-state index in [0.29, 0.717) is 25.3 Å². The number of nitrogens with two attached hydrogens (primary N) is 1. The number of ether oxygens (including phenoxy) is 1. The second kappa shape index (κ2) is 17.9. The second-order valence-corrected chi connectivity index (χ2v) is 9.76. The minimum Gasteiger partial charge on any atom is -0.467 e. The van der Waals surface area contributed by atoms with Crippen molar-refractivity contribution in [3.05, 3.63) is 73.8 Å². The van der Waals surface area contributed by atoms with Crippen molar-refractivity contribution >= 4 is 29.7 Å². The first-order chi connectivity index (χ1) is 19.4. The molecule has 0 spiro atoms. The molecule has 1 saturated heterocycles. The van der Waals surface area contributed by atoms with Gasteiger partial charge in [-0.05, 0) is 97.3 Å². The van der Waals surface area contributed by atoms with Gasteiger partial charge in [-0.1, -0.05) is 5.43 Å². The SMILES string of the molecule is COC(=O)[C@@](C)(CCCN=C(N)N[N+](=O)[O-])NC(=O)[C@]1(C)CCCN1C(=O)CNC(=O)[C]1[CH][CH][CH][CH]1.[CH]1[CH][CH][CH][CH]1.[Fe+2]. The number of amides is 3. The molecule has 5 N–H and O–H groups in total. The van der Waals surface area contributed by atoms with E-state index in [9.17, 15) is 29.3 Å². The average molecular weight is 627 g/mol. The van der Waals surface area contributed by atoms with Crippen molar-refractivity contribution in [1.82, 2.24) is 21.0 Å². The van der Waals surface area contributed by atoms with Crippen molar-refractivity contribution in [3.8, 4) is 0 Å². The van der Waals surface area contributed by atoms with Crippen LogP contribution in [0.25, 0.3) is 0 Å². The van der Waals surface area contributed by atoms with E-state index in [0.717, 1.165) is 0 Å². The molecule has 2 aliphatic carbocycles. The molecule has 14 nitrogen and oxygen atoms in total. The van der Waals surface area contributed by atoms with Crippen LogP contribution in [0.15, 0.2) is 4.99 Å². The van der Waals surface area contributed by atoms with Crippen LogP contribution in [0.1, 0.15) is 39.5 Å². The van der Waals surface area contributed by atoms with Crippen molar-refractivity contribution in [2.24, 2.45) is 10.7 Å². The first-order valence-electron chi connectivity index (χ1n) is 13.0. The van der Waals surface area contributed by atoms with Crippen molar-refractivity contribution < 1.29 is 46.0 Å². The smallest absolute Gasteiger partial charge is 0.467 e. The van der Waals surface area contributed by atoms with Gasteiger partial charge in [-0.2, -0.15) is 0 Å². The van der Waals surface area contributed by atoms with Gasteiger partial charge in [0.25, 0.3) is 5.96 Å². The molecule has 228 valence electrons. The number of nitrogens with one attached hydrogen (secondary N) is 3. The van der Waals surface area contributed by atoms with Gasteiger partial charge in [0.05, 0.1) is 19.6 Å². The van der Waals surface area contributed by atoms with E-state index in [-0.39, 0.29) is 49.0 Å². The first kappa shape index (κ1) is 37.1. The zero-order valence-corrected chi connectivity index (χ0v) is 24.9. The van der Waals surface area contributed by atoms with Gasteiger partial charge in [0.2, 0.25) is 17.7 Å². The Morgan fingerprint density at radius 2 is 1.74 bits per heavy atom. The topological polar surface area (TPSA) is 198 Å². The number of aliphatic imine (C=N–C) groups is 1. The predicted octanol–water partition coefficient (Wildman–Crippen LogP) is -0.168. The Hall–Kier alpha value is -2.93. The Morgan fingerprint density at radius 3 is 2.29 bits per heavy atom. The molecule has 0 bridgehead atoms. The summed E-state index contributed by atoms with van der Waals surface area (Å²) in [4.78, 5) is 66.6. The van der Waals surface area contributed by atoms with E-state index in [1.807, 2.05) is 32.1 Å². The van der Waals surface area contributed by atoms with Crippen LogP contribution in [0.5, 0.6) is 0 Å². The van der Waals surface area contributed by atoms with E-state index in [1.165, 1.54) is 18.9 Å². The summed E-state index contributed by atoms with van der Waals surface area (Å²) in [6, 6.07) is 0. The van der Waals surface area contributed by atoms with Gasteiger partial charge in [-0.3, -0.25) is 14.4 Å². The third kappa shape index (κ3) is 11.0. The molecular formula is C27H37FeN7O7+2. The summed E-state index contributed by atoms with van der Waals surface area (Å²) in [5.74, 6) is -2.01. The van der Waals surface area contributed by atoms with Crippen molar-refractivity contribution in [2.75, 3.05) is 26.7 Å². The molecule has 0 aromatic carbocycles. The molecule has 2 saturated carbocycles. The van der Waals surface area contributed by atoms with Crippen LogP contribution in [-0.4, -0.2) is 77.4 Å². The zero-order valence-electron chi connectivity index (χ0n) is 23.8. The summed E-state index contributed by atoms with van der Waals surface area (Å²) in [6.07, 6.45) is 18.0. The normalized spacial score (nSPS) is 21.7. The maximum atomic E-state index is 13.4. The molecule has 15 heteroatoms. The minimum absolute atomic E-state index is 0. The molecule has 3 fully saturated rings. The largest absolute Gasteiger partial charge is 2.00 e. The maximum absolute atomic E-state index is 13.4. The number of esters is 1. The van der Waals surface area contributed by atoms with Crippen LogP contribution in [0.4, 0.5) is 0 Å². The molecule has 0 unspecified atom stereocenters. The van der Waals surface area contributed by atoms with Gasteiger partial charge in [0.15, 0.2) is 5.03 Å². The molecule has 3 rings (SSSR count). The third-order valence-corrected chi connectivity index (χ3v) is 6.66. The number of nitrogens with zero attached hydrogens (tertiary/aromatic N) is 3. The summed E-state index contributed by atoms with van der Waals surface area (Å²) in [5.41, 5.74) is 4.41. The number of carbonyl (C=O) groups is 4. The number of guanidine groups is 1. The number of hydrazine groups is 1. The standard InChI is InChI=1S/C22H32N7O7.C5H5.Fe/c1-21(19(33)36-3,10-6-12-24-20(23)27-29(34)35)26-18(32)22(2)11-7-13-28(22)16(30)14-25-17(31)15-8-4-5-9-15;1-2-4-5-3-1;/h4-5,8-9H,6-7,10-14H2,1-3H3,(H,25,31)(H,26,32)(H3,23,24,27);1-5H;/q;;+2/t21-,22+;;/m1../s1. The third-order valence-electron chi connectivity index (χ3n) is 6.66. The molecule has 1 aliphatic heterocycles. The van der Waals surface area contributed by atoms with Crippen molar-refractivity contribution in [1.29, 1.82) is 0 Å². The monoisotopic (exact) mass is 627 g/mol. The van der Waals surface area contributed by atoms with E-state index >= 15 is 0 Å². The quantitative estimate of drug-likeness (QED) is 0.0457. The Balaban J connectivity index is 0.00000132. The van der Waals surface area contributed by atoms with Gasteiger partial charge in [0, 0.05) is 13.1 Å². The van der Waals surface area contributed by atoms with Gasteiger partial charge in [-0.25, -0.2) is 19.9 Å². The first-order valence-corrected chi connectivity index (χ1v) is 13.0. The number of likely N-dealkylation sites (tertiary alicyclic amines) is 1.